The van der Waals surface area contributed by atoms with Crippen LogP contribution >= 0.6 is 15.9 Å². The summed E-state index contributed by atoms with van der Waals surface area (Å²) in [6, 6.07) is 6.26. The third-order valence-electron chi connectivity index (χ3n) is 3.19. The third kappa shape index (κ3) is 2.25. The van der Waals surface area contributed by atoms with Gasteiger partial charge >= 0.3 is 0 Å². The zero-order valence-corrected chi connectivity index (χ0v) is 11.3. The van der Waals surface area contributed by atoms with E-state index in [9.17, 15) is 0 Å². The Labute approximate surface area is 105 Å². The van der Waals surface area contributed by atoms with Crippen LogP contribution in [0.3, 0.4) is 0 Å². The van der Waals surface area contributed by atoms with Gasteiger partial charge in [-0.3, -0.25) is 0 Å². The molecule has 0 aliphatic carbocycles. The number of rotatable bonds is 2. The van der Waals surface area contributed by atoms with Crippen LogP contribution in [-0.4, -0.2) is 20.3 Å². The van der Waals surface area contributed by atoms with Crippen LogP contribution in [0.5, 0.6) is 5.75 Å². The van der Waals surface area contributed by atoms with Crippen LogP contribution in [0.2, 0.25) is 0 Å². The first-order valence-corrected chi connectivity index (χ1v) is 6.37. The van der Waals surface area contributed by atoms with E-state index in [-0.39, 0.29) is 5.41 Å². The van der Waals surface area contributed by atoms with Crippen LogP contribution in [0.4, 0.5) is 0 Å². The molecule has 1 heterocycles. The molecule has 2 nitrogen and oxygen atoms in total. The van der Waals surface area contributed by atoms with Crippen molar-refractivity contribution in [1.29, 1.82) is 0 Å². The molecule has 0 saturated heterocycles. The summed E-state index contributed by atoms with van der Waals surface area (Å²) in [5.74, 6) is 0.992. The van der Waals surface area contributed by atoms with Crippen LogP contribution in [0, 0.1) is 0 Å². The Morgan fingerprint density at radius 1 is 1.50 bits per heavy atom. The standard InChI is InChI=1S/C13H17BrO2/c1-13(9-15-2)6-3-7-16-12-8-10(14)4-5-11(12)13/h4-5,8H,3,6-7,9H2,1-2H3/t13-/m1/s1. The molecule has 0 unspecified atom stereocenters. The van der Waals surface area contributed by atoms with Crippen LogP contribution in [0.25, 0.3) is 0 Å². The summed E-state index contributed by atoms with van der Waals surface area (Å²) in [5, 5.41) is 0. The maximum absolute atomic E-state index is 5.79. The third-order valence-corrected chi connectivity index (χ3v) is 3.68. The van der Waals surface area contributed by atoms with Gasteiger partial charge in [0.25, 0.3) is 0 Å². The highest BCUT2D eigenvalue weighted by Crippen LogP contribution is 2.39. The highest BCUT2D eigenvalue weighted by Gasteiger charge is 2.31. The summed E-state index contributed by atoms with van der Waals surface area (Å²) < 4.78 is 12.2. The molecule has 88 valence electrons. The van der Waals surface area contributed by atoms with Gasteiger partial charge in [-0.25, -0.2) is 0 Å². The van der Waals surface area contributed by atoms with Gasteiger partial charge in [-0.05, 0) is 25.0 Å². The second-order valence-electron chi connectivity index (χ2n) is 4.59. The summed E-state index contributed by atoms with van der Waals surface area (Å²) in [5.41, 5.74) is 1.33. The average molecular weight is 285 g/mol. The normalized spacial score (nSPS) is 24.4. The largest absolute Gasteiger partial charge is 0.493 e. The van der Waals surface area contributed by atoms with Crippen molar-refractivity contribution in [1.82, 2.24) is 0 Å². The van der Waals surface area contributed by atoms with Crippen molar-refractivity contribution < 1.29 is 9.47 Å². The molecule has 1 aromatic rings. The fourth-order valence-corrected chi connectivity index (χ4v) is 2.70. The van der Waals surface area contributed by atoms with E-state index in [0.29, 0.717) is 0 Å². The van der Waals surface area contributed by atoms with Crippen LogP contribution in [0.1, 0.15) is 25.3 Å². The van der Waals surface area contributed by atoms with Crippen molar-refractivity contribution in [3.05, 3.63) is 28.2 Å². The highest BCUT2D eigenvalue weighted by atomic mass is 79.9. The molecule has 3 heteroatoms. The SMILES string of the molecule is COC[C@@]1(C)CCCOc2cc(Br)ccc21. The molecule has 0 N–H and O–H groups in total. The maximum atomic E-state index is 5.79. The Morgan fingerprint density at radius 3 is 3.06 bits per heavy atom. The Bertz CT molecular complexity index is 378. The lowest BCUT2D eigenvalue weighted by Gasteiger charge is -2.28. The van der Waals surface area contributed by atoms with Gasteiger partial charge in [-0.15, -0.1) is 0 Å². The number of halogens is 1. The quantitative estimate of drug-likeness (QED) is 0.827. The molecule has 2 rings (SSSR count). The predicted molar refractivity (Wildman–Crippen MR) is 68.1 cm³/mol. The highest BCUT2D eigenvalue weighted by molar-refractivity contribution is 9.10. The first-order chi connectivity index (χ1) is 7.65. The van der Waals surface area contributed by atoms with E-state index in [1.165, 1.54) is 5.56 Å². The summed E-state index contributed by atoms with van der Waals surface area (Å²) >= 11 is 3.48. The van der Waals surface area contributed by atoms with E-state index < -0.39 is 0 Å². The van der Waals surface area contributed by atoms with Crippen molar-refractivity contribution in [2.75, 3.05) is 20.3 Å². The summed E-state index contributed by atoms with van der Waals surface area (Å²) in [4.78, 5) is 0. The molecule has 0 amide bonds. The summed E-state index contributed by atoms with van der Waals surface area (Å²) in [7, 11) is 1.76. The number of methoxy groups -OCH3 is 1. The zero-order valence-electron chi connectivity index (χ0n) is 9.75. The monoisotopic (exact) mass is 284 g/mol. The van der Waals surface area contributed by atoms with Gasteiger partial charge in [-0.2, -0.15) is 0 Å². The molecule has 0 spiro atoms. The van der Waals surface area contributed by atoms with E-state index in [2.05, 4.69) is 41.1 Å². The smallest absolute Gasteiger partial charge is 0.124 e. The molecule has 0 aromatic heterocycles. The summed E-state index contributed by atoms with van der Waals surface area (Å²) in [6.07, 6.45) is 2.18. The van der Waals surface area contributed by atoms with Crippen molar-refractivity contribution in [3.8, 4) is 5.75 Å². The van der Waals surface area contributed by atoms with Crippen molar-refractivity contribution in [3.63, 3.8) is 0 Å². The molecule has 1 aliphatic rings. The summed E-state index contributed by atoms with van der Waals surface area (Å²) in [6.45, 7) is 3.78. The number of fused-ring (bicyclic) bond motifs is 1. The predicted octanol–water partition coefficient (Wildman–Crippen LogP) is 3.53. The molecule has 0 saturated carbocycles. The first-order valence-electron chi connectivity index (χ1n) is 5.57. The number of ether oxygens (including phenoxy) is 2. The molecule has 1 aromatic carbocycles. The molecule has 0 radical (unpaired) electrons. The fourth-order valence-electron chi connectivity index (χ4n) is 2.36. The lowest BCUT2D eigenvalue weighted by molar-refractivity contribution is 0.133. The van der Waals surface area contributed by atoms with Crippen molar-refractivity contribution >= 4 is 15.9 Å². The molecule has 16 heavy (non-hydrogen) atoms. The zero-order chi connectivity index (χ0) is 11.6. The van der Waals surface area contributed by atoms with E-state index in [1.54, 1.807) is 7.11 Å². The molecular formula is C13H17BrO2. The van der Waals surface area contributed by atoms with Gasteiger partial charge in [0.2, 0.25) is 0 Å². The van der Waals surface area contributed by atoms with Gasteiger partial charge in [0.15, 0.2) is 0 Å². The number of hydrogen-bond acceptors (Lipinski definition) is 2. The Morgan fingerprint density at radius 2 is 2.31 bits per heavy atom. The minimum Gasteiger partial charge on any atom is -0.493 e. The van der Waals surface area contributed by atoms with Crippen molar-refractivity contribution in [2.45, 2.75) is 25.2 Å². The van der Waals surface area contributed by atoms with Crippen molar-refractivity contribution in [2.24, 2.45) is 0 Å². The van der Waals surface area contributed by atoms with E-state index in [4.69, 9.17) is 9.47 Å². The van der Waals surface area contributed by atoms with E-state index >= 15 is 0 Å². The lowest BCUT2D eigenvalue weighted by Crippen LogP contribution is -2.27. The van der Waals surface area contributed by atoms with Gasteiger partial charge < -0.3 is 9.47 Å². The second kappa shape index (κ2) is 4.76. The maximum Gasteiger partial charge on any atom is 0.124 e. The fraction of sp³-hybridized carbons (Fsp3) is 0.538. The van der Waals surface area contributed by atoms with Gasteiger partial charge in [0.05, 0.1) is 13.2 Å². The lowest BCUT2D eigenvalue weighted by atomic mass is 9.79. The van der Waals surface area contributed by atoms with Crippen LogP contribution in [0.15, 0.2) is 22.7 Å². The molecule has 1 atom stereocenters. The Balaban J connectivity index is 2.44. The van der Waals surface area contributed by atoms with Crippen LogP contribution in [-0.2, 0) is 10.2 Å². The van der Waals surface area contributed by atoms with Gasteiger partial charge in [0, 0.05) is 22.6 Å². The number of benzene rings is 1. The minimum absolute atomic E-state index is 0.0707. The van der Waals surface area contributed by atoms with Gasteiger partial charge in [0.1, 0.15) is 5.75 Å². The second-order valence-corrected chi connectivity index (χ2v) is 5.50. The van der Waals surface area contributed by atoms with Gasteiger partial charge in [-0.1, -0.05) is 28.9 Å². The van der Waals surface area contributed by atoms with Crippen LogP contribution < -0.4 is 4.74 Å². The first kappa shape index (κ1) is 11.9. The molecule has 1 aliphatic heterocycles. The molecular weight excluding hydrogens is 268 g/mol. The van der Waals surface area contributed by atoms with E-state index in [1.807, 2.05) is 0 Å². The Hall–Kier alpha value is -0.540. The Kier molecular flexibility index (Phi) is 3.55. The average Bonchev–Trinajstić information content (AvgIpc) is 2.39. The van der Waals surface area contributed by atoms with E-state index in [0.717, 1.165) is 36.3 Å². The topological polar surface area (TPSA) is 18.5 Å². The number of hydrogen-bond donors (Lipinski definition) is 0. The minimum atomic E-state index is 0.0707. The molecule has 0 fully saturated rings. The molecule has 0 bridgehead atoms.